The third-order valence-corrected chi connectivity index (χ3v) is 4.52. The van der Waals surface area contributed by atoms with E-state index in [9.17, 15) is 14.0 Å². The number of ether oxygens (including phenoxy) is 1. The number of benzene rings is 2. The van der Waals surface area contributed by atoms with Crippen LogP contribution in [0.5, 0.6) is 0 Å². The van der Waals surface area contributed by atoms with Crippen LogP contribution in [0.3, 0.4) is 0 Å². The molecule has 0 saturated carbocycles. The van der Waals surface area contributed by atoms with Gasteiger partial charge in [-0.1, -0.05) is 30.3 Å². The lowest BCUT2D eigenvalue weighted by Crippen LogP contribution is -2.36. The molecule has 1 N–H and O–H groups in total. The number of esters is 1. The molecule has 6 heteroatoms. The van der Waals surface area contributed by atoms with Gasteiger partial charge in [0, 0.05) is 11.4 Å². The molecule has 0 aliphatic rings. The summed E-state index contributed by atoms with van der Waals surface area (Å²) in [4.78, 5) is 25.1. The molecule has 0 aliphatic carbocycles. The second-order valence-corrected chi connectivity index (χ2v) is 6.91. The van der Waals surface area contributed by atoms with Gasteiger partial charge >= 0.3 is 5.97 Å². The van der Waals surface area contributed by atoms with Crippen molar-refractivity contribution in [2.75, 3.05) is 0 Å². The highest BCUT2D eigenvalue weighted by molar-refractivity contribution is 8.00. The average Bonchev–Trinajstić information content (AvgIpc) is 2.61. The van der Waals surface area contributed by atoms with Crippen LogP contribution in [0.4, 0.5) is 4.39 Å². The van der Waals surface area contributed by atoms with E-state index in [4.69, 9.17) is 4.74 Å². The van der Waals surface area contributed by atoms with Crippen LogP contribution >= 0.6 is 11.8 Å². The van der Waals surface area contributed by atoms with Crippen molar-refractivity contribution in [1.29, 1.82) is 0 Å². The molecular formula is C19H20FNO3S. The molecule has 0 fully saturated rings. The van der Waals surface area contributed by atoms with Crippen LogP contribution in [-0.2, 0) is 20.9 Å². The third kappa shape index (κ3) is 6.23. The fourth-order valence-corrected chi connectivity index (χ4v) is 2.88. The van der Waals surface area contributed by atoms with E-state index in [-0.39, 0.29) is 12.4 Å². The van der Waals surface area contributed by atoms with Gasteiger partial charge in [-0.2, -0.15) is 0 Å². The Kier molecular flexibility index (Phi) is 7.01. The Bertz CT molecular complexity index is 706. The molecule has 25 heavy (non-hydrogen) atoms. The fraction of sp³-hybridized carbons (Fsp3) is 0.263. The zero-order valence-corrected chi connectivity index (χ0v) is 14.9. The Labute approximate surface area is 150 Å². The number of amides is 1. The van der Waals surface area contributed by atoms with Gasteiger partial charge in [0.2, 0.25) is 0 Å². The lowest BCUT2D eigenvalue weighted by atomic mass is 10.2. The minimum atomic E-state index is -0.897. The molecule has 0 unspecified atom stereocenters. The summed E-state index contributed by atoms with van der Waals surface area (Å²) in [7, 11) is 0. The molecule has 0 aromatic heterocycles. The van der Waals surface area contributed by atoms with Crippen molar-refractivity contribution in [1.82, 2.24) is 5.32 Å². The van der Waals surface area contributed by atoms with E-state index in [1.807, 2.05) is 30.3 Å². The number of nitrogens with one attached hydrogen (secondary N) is 1. The first-order valence-corrected chi connectivity index (χ1v) is 8.78. The third-order valence-electron chi connectivity index (χ3n) is 3.43. The number of carbonyl (C=O) groups excluding carboxylic acids is 2. The van der Waals surface area contributed by atoms with Crippen molar-refractivity contribution in [2.45, 2.75) is 36.6 Å². The highest BCUT2D eigenvalue weighted by Gasteiger charge is 2.22. The second kappa shape index (κ2) is 9.22. The van der Waals surface area contributed by atoms with Gasteiger partial charge in [0.25, 0.3) is 5.91 Å². The van der Waals surface area contributed by atoms with E-state index in [0.717, 1.165) is 10.5 Å². The first-order valence-electron chi connectivity index (χ1n) is 7.90. The maximum atomic E-state index is 12.8. The Morgan fingerprint density at radius 3 is 2.36 bits per heavy atom. The number of rotatable bonds is 7. The number of carbonyl (C=O) groups is 2. The summed E-state index contributed by atoms with van der Waals surface area (Å²) < 4.78 is 18.1. The summed E-state index contributed by atoms with van der Waals surface area (Å²) in [6.07, 6.45) is -0.897. The molecule has 0 bridgehead atoms. The largest absolute Gasteiger partial charge is 0.452 e. The van der Waals surface area contributed by atoms with Crippen LogP contribution in [-0.4, -0.2) is 23.2 Å². The second-order valence-electron chi connectivity index (χ2n) is 5.50. The lowest BCUT2D eigenvalue weighted by Gasteiger charge is -2.16. The highest BCUT2D eigenvalue weighted by Crippen LogP contribution is 2.23. The highest BCUT2D eigenvalue weighted by atomic mass is 32.2. The Balaban J connectivity index is 1.79. The first-order chi connectivity index (χ1) is 12.0. The molecule has 132 valence electrons. The minimum absolute atomic E-state index is 0.245. The monoisotopic (exact) mass is 361 g/mol. The maximum Gasteiger partial charge on any atom is 0.319 e. The van der Waals surface area contributed by atoms with Gasteiger partial charge in [-0.05, 0) is 43.7 Å². The van der Waals surface area contributed by atoms with Gasteiger partial charge in [0.1, 0.15) is 11.1 Å². The number of thioether (sulfide) groups is 1. The number of halogens is 1. The molecule has 0 spiro atoms. The van der Waals surface area contributed by atoms with Gasteiger partial charge < -0.3 is 10.1 Å². The predicted octanol–water partition coefficient (Wildman–Crippen LogP) is 3.55. The normalized spacial score (nSPS) is 12.9. The van der Waals surface area contributed by atoms with Crippen LogP contribution in [0, 0.1) is 5.82 Å². The molecule has 2 rings (SSSR count). The molecule has 2 atom stereocenters. The van der Waals surface area contributed by atoms with E-state index in [2.05, 4.69) is 5.32 Å². The zero-order valence-electron chi connectivity index (χ0n) is 14.1. The van der Waals surface area contributed by atoms with Crippen molar-refractivity contribution < 1.29 is 18.7 Å². The molecule has 0 aliphatic heterocycles. The van der Waals surface area contributed by atoms with Gasteiger partial charge in [-0.3, -0.25) is 9.59 Å². The van der Waals surface area contributed by atoms with Crippen molar-refractivity contribution in [3.8, 4) is 0 Å². The molecule has 0 saturated heterocycles. The Morgan fingerprint density at radius 1 is 1.08 bits per heavy atom. The summed E-state index contributed by atoms with van der Waals surface area (Å²) in [5, 5.41) is 2.25. The fourth-order valence-electron chi connectivity index (χ4n) is 2.01. The molecule has 2 aromatic rings. The topological polar surface area (TPSA) is 55.4 Å². The number of hydrogen-bond acceptors (Lipinski definition) is 4. The summed E-state index contributed by atoms with van der Waals surface area (Å²) in [5.41, 5.74) is 0.765. The van der Waals surface area contributed by atoms with Crippen LogP contribution in [0.1, 0.15) is 19.4 Å². The summed E-state index contributed by atoms with van der Waals surface area (Å²) >= 11 is 1.38. The van der Waals surface area contributed by atoms with Crippen LogP contribution in [0.2, 0.25) is 0 Å². The van der Waals surface area contributed by atoms with Gasteiger partial charge in [0.15, 0.2) is 6.10 Å². The Hall–Kier alpha value is -2.34. The lowest BCUT2D eigenvalue weighted by molar-refractivity contribution is -0.154. The van der Waals surface area contributed by atoms with Crippen LogP contribution < -0.4 is 5.32 Å². The SMILES string of the molecule is C[C@H](Sc1ccccc1)C(=O)O[C@H](C)C(=O)NCc1ccc(F)cc1. The smallest absolute Gasteiger partial charge is 0.319 e. The van der Waals surface area contributed by atoms with Crippen molar-refractivity contribution in [3.63, 3.8) is 0 Å². The van der Waals surface area contributed by atoms with Gasteiger partial charge in [-0.15, -0.1) is 11.8 Å². The quantitative estimate of drug-likeness (QED) is 0.605. The summed E-state index contributed by atoms with van der Waals surface area (Å²) in [6, 6.07) is 15.3. The molecular weight excluding hydrogens is 341 g/mol. The van der Waals surface area contributed by atoms with Crippen LogP contribution in [0.15, 0.2) is 59.5 Å². The molecule has 4 nitrogen and oxygen atoms in total. The van der Waals surface area contributed by atoms with Crippen LogP contribution in [0.25, 0.3) is 0 Å². The number of hydrogen-bond donors (Lipinski definition) is 1. The van der Waals surface area contributed by atoms with E-state index in [1.54, 1.807) is 19.1 Å². The zero-order chi connectivity index (χ0) is 18.2. The van der Waals surface area contributed by atoms with Gasteiger partial charge in [0.05, 0.1) is 0 Å². The van der Waals surface area contributed by atoms with E-state index < -0.39 is 23.2 Å². The van der Waals surface area contributed by atoms with E-state index in [1.165, 1.54) is 30.8 Å². The van der Waals surface area contributed by atoms with Gasteiger partial charge in [-0.25, -0.2) is 4.39 Å². The maximum absolute atomic E-state index is 12.8. The molecule has 0 radical (unpaired) electrons. The first kappa shape index (κ1) is 19.0. The summed E-state index contributed by atoms with van der Waals surface area (Å²) in [5.74, 6) is -1.17. The average molecular weight is 361 g/mol. The van der Waals surface area contributed by atoms with Crippen molar-refractivity contribution in [3.05, 3.63) is 66.0 Å². The van der Waals surface area contributed by atoms with E-state index >= 15 is 0 Å². The molecule has 0 heterocycles. The summed E-state index contributed by atoms with van der Waals surface area (Å²) in [6.45, 7) is 3.51. The molecule has 1 amide bonds. The minimum Gasteiger partial charge on any atom is -0.452 e. The van der Waals surface area contributed by atoms with Crippen molar-refractivity contribution in [2.24, 2.45) is 0 Å². The molecule has 2 aromatic carbocycles. The Morgan fingerprint density at radius 2 is 1.72 bits per heavy atom. The van der Waals surface area contributed by atoms with Crippen molar-refractivity contribution >= 4 is 23.6 Å². The predicted molar refractivity (Wildman–Crippen MR) is 95.6 cm³/mol. The van der Waals surface area contributed by atoms with E-state index in [0.29, 0.717) is 0 Å². The standard InChI is InChI=1S/C19H20FNO3S/c1-13(18(22)21-12-15-8-10-16(20)11-9-15)24-19(23)14(2)25-17-6-4-3-5-7-17/h3-11,13-14H,12H2,1-2H3,(H,21,22)/t13-,14+/m1/s1.